The lowest BCUT2D eigenvalue weighted by atomic mass is 10.3. The van der Waals surface area contributed by atoms with E-state index in [9.17, 15) is 8.42 Å². The normalized spacial score (nSPS) is 11.9. The van der Waals surface area contributed by atoms with Crippen LogP contribution in [0.15, 0.2) is 46.2 Å². The molecule has 0 bridgehead atoms. The van der Waals surface area contributed by atoms with Crippen LogP contribution in [-0.2, 0) is 9.84 Å². The Kier molecular flexibility index (Phi) is 2.94. The van der Waals surface area contributed by atoms with E-state index in [0.29, 0.717) is 5.69 Å². The maximum Gasteiger partial charge on any atom is 0.214 e. The number of hydrogen-bond donors (Lipinski definition) is 1. The average molecular weight is 302 g/mol. The van der Waals surface area contributed by atoms with E-state index in [1.165, 1.54) is 16.6 Å². The summed E-state index contributed by atoms with van der Waals surface area (Å²) in [5.74, 6) is -0.0416. The van der Waals surface area contributed by atoms with Gasteiger partial charge in [-0.1, -0.05) is 18.2 Å². The number of anilines is 1. The fourth-order valence-corrected chi connectivity index (χ4v) is 3.73. The molecule has 2 N–H and O–H groups in total. The molecule has 0 aliphatic carbocycles. The number of nitrogens with zero attached hydrogens (tertiary/aromatic N) is 3. The molecule has 0 aliphatic rings. The first-order valence-corrected chi connectivity index (χ1v) is 7.82. The van der Waals surface area contributed by atoms with Gasteiger partial charge < -0.3 is 5.73 Å². The minimum Gasteiger partial charge on any atom is -0.381 e. The van der Waals surface area contributed by atoms with Crippen LogP contribution in [-0.4, -0.2) is 23.0 Å². The van der Waals surface area contributed by atoms with Gasteiger partial charge in [0.25, 0.3) is 0 Å². The number of sulfone groups is 1. The molecule has 2 heterocycles. The lowest BCUT2D eigenvalue weighted by Crippen LogP contribution is -2.05. The minimum atomic E-state index is -3.76. The number of aromatic nitrogens is 3. The van der Waals surface area contributed by atoms with Crippen molar-refractivity contribution in [2.45, 2.75) is 23.6 Å². The van der Waals surface area contributed by atoms with Crippen LogP contribution < -0.4 is 5.73 Å². The first kappa shape index (κ1) is 13.6. The van der Waals surface area contributed by atoms with Gasteiger partial charge in [-0.25, -0.2) is 17.9 Å². The van der Waals surface area contributed by atoms with E-state index in [0.717, 1.165) is 5.69 Å². The Morgan fingerprint density at radius 2 is 1.81 bits per heavy atom. The van der Waals surface area contributed by atoms with Crippen molar-refractivity contribution < 1.29 is 8.42 Å². The van der Waals surface area contributed by atoms with E-state index in [-0.39, 0.29) is 21.3 Å². The quantitative estimate of drug-likeness (QED) is 0.779. The molecule has 0 radical (unpaired) electrons. The summed E-state index contributed by atoms with van der Waals surface area (Å²) in [5, 5.41) is 4.10. The summed E-state index contributed by atoms with van der Waals surface area (Å²) >= 11 is 0. The molecule has 1 aromatic carbocycles. The lowest BCUT2D eigenvalue weighted by molar-refractivity contribution is 0.597. The molecule has 0 saturated heterocycles. The van der Waals surface area contributed by atoms with Crippen LogP contribution >= 0.6 is 0 Å². The van der Waals surface area contributed by atoms with Gasteiger partial charge in [-0.3, -0.25) is 0 Å². The Hall–Kier alpha value is -2.41. The van der Waals surface area contributed by atoms with Crippen molar-refractivity contribution in [2.24, 2.45) is 0 Å². The van der Waals surface area contributed by atoms with Crippen molar-refractivity contribution in [3.8, 4) is 0 Å². The van der Waals surface area contributed by atoms with E-state index in [1.54, 1.807) is 25.1 Å². The summed E-state index contributed by atoms with van der Waals surface area (Å²) in [4.78, 5) is 4.42. The summed E-state index contributed by atoms with van der Waals surface area (Å²) in [7, 11) is -3.76. The zero-order valence-corrected chi connectivity index (χ0v) is 12.4. The van der Waals surface area contributed by atoms with Gasteiger partial charge in [0, 0.05) is 11.4 Å². The highest BCUT2D eigenvalue weighted by molar-refractivity contribution is 7.91. The summed E-state index contributed by atoms with van der Waals surface area (Å²) in [6, 6.07) is 9.96. The number of rotatable bonds is 2. The zero-order chi connectivity index (χ0) is 15.2. The third-order valence-corrected chi connectivity index (χ3v) is 5.02. The second-order valence-corrected chi connectivity index (χ2v) is 6.69. The number of benzene rings is 1. The van der Waals surface area contributed by atoms with Crippen molar-refractivity contribution >= 4 is 21.3 Å². The Morgan fingerprint density at radius 1 is 1.14 bits per heavy atom. The third kappa shape index (κ3) is 2.06. The molecule has 0 aliphatic heterocycles. The second-order valence-electron chi connectivity index (χ2n) is 4.81. The molecule has 0 atom stereocenters. The number of aryl methyl sites for hydroxylation is 2. The van der Waals surface area contributed by atoms with Gasteiger partial charge in [0.15, 0.2) is 16.4 Å². The molecule has 3 aromatic rings. The van der Waals surface area contributed by atoms with Crippen molar-refractivity contribution in [3.05, 3.63) is 47.8 Å². The summed E-state index contributed by atoms with van der Waals surface area (Å²) in [5.41, 5.74) is 7.59. The summed E-state index contributed by atoms with van der Waals surface area (Å²) in [6.45, 7) is 3.63. The monoisotopic (exact) mass is 302 g/mol. The molecule has 0 fully saturated rings. The maximum absolute atomic E-state index is 12.8. The van der Waals surface area contributed by atoms with E-state index in [2.05, 4.69) is 10.1 Å². The zero-order valence-electron chi connectivity index (χ0n) is 11.6. The Balaban J connectivity index is 2.38. The number of fused-ring (bicyclic) bond motifs is 1. The molecule has 0 amide bonds. The molecule has 21 heavy (non-hydrogen) atoms. The number of nitrogens with two attached hydrogens (primary N) is 1. The van der Waals surface area contributed by atoms with Gasteiger partial charge in [-0.2, -0.15) is 0 Å². The second kappa shape index (κ2) is 4.56. The lowest BCUT2D eigenvalue weighted by Gasteiger charge is -2.04. The fourth-order valence-electron chi connectivity index (χ4n) is 2.29. The molecule has 0 saturated carbocycles. The molecule has 0 unspecified atom stereocenters. The van der Waals surface area contributed by atoms with Crippen LogP contribution in [0.25, 0.3) is 5.65 Å². The molecule has 0 spiro atoms. The average Bonchev–Trinajstić information content (AvgIpc) is 2.77. The van der Waals surface area contributed by atoms with E-state index in [4.69, 9.17) is 5.73 Å². The highest BCUT2D eigenvalue weighted by atomic mass is 32.2. The smallest absolute Gasteiger partial charge is 0.214 e. The SMILES string of the molecule is Cc1cc(C)n2nc(N)c(S(=O)(=O)c3ccccc3)c2n1. The highest BCUT2D eigenvalue weighted by Gasteiger charge is 2.27. The van der Waals surface area contributed by atoms with Gasteiger partial charge in [-0.15, -0.1) is 5.10 Å². The standard InChI is InChI=1S/C14H14N4O2S/c1-9-8-10(2)18-14(16-9)12(13(15)17-18)21(19,20)11-6-4-3-5-7-11/h3-8H,1-2H3,(H2,15,17). The first-order valence-electron chi connectivity index (χ1n) is 6.34. The van der Waals surface area contributed by atoms with Crippen LogP contribution in [0.3, 0.4) is 0 Å². The predicted octanol–water partition coefficient (Wildman–Crippen LogP) is 1.76. The Morgan fingerprint density at radius 3 is 2.48 bits per heavy atom. The van der Waals surface area contributed by atoms with Crippen molar-refractivity contribution in [1.29, 1.82) is 0 Å². The Labute approximate surface area is 122 Å². The molecular formula is C14H14N4O2S. The fraction of sp³-hybridized carbons (Fsp3) is 0.143. The molecule has 108 valence electrons. The van der Waals surface area contributed by atoms with Crippen LogP contribution in [0.4, 0.5) is 5.82 Å². The highest BCUT2D eigenvalue weighted by Crippen LogP contribution is 2.29. The van der Waals surface area contributed by atoms with Gasteiger partial charge in [-0.05, 0) is 32.0 Å². The topological polar surface area (TPSA) is 90.4 Å². The summed E-state index contributed by atoms with van der Waals surface area (Å²) in [6.07, 6.45) is 0. The van der Waals surface area contributed by atoms with E-state index in [1.807, 2.05) is 13.0 Å². The van der Waals surface area contributed by atoms with Crippen molar-refractivity contribution in [3.63, 3.8) is 0 Å². The van der Waals surface area contributed by atoms with Crippen molar-refractivity contribution in [2.75, 3.05) is 5.73 Å². The van der Waals surface area contributed by atoms with E-state index < -0.39 is 9.84 Å². The van der Waals surface area contributed by atoms with Gasteiger partial charge >= 0.3 is 0 Å². The molecular weight excluding hydrogens is 288 g/mol. The predicted molar refractivity (Wildman–Crippen MR) is 78.8 cm³/mol. The van der Waals surface area contributed by atoms with Gasteiger partial charge in [0.05, 0.1) is 4.90 Å². The van der Waals surface area contributed by atoms with Gasteiger partial charge in [0.1, 0.15) is 0 Å². The third-order valence-electron chi connectivity index (χ3n) is 3.20. The number of hydrogen-bond acceptors (Lipinski definition) is 5. The first-order chi connectivity index (χ1) is 9.91. The number of nitrogen functional groups attached to an aromatic ring is 1. The molecule has 6 nitrogen and oxygen atoms in total. The van der Waals surface area contributed by atoms with Crippen LogP contribution in [0, 0.1) is 13.8 Å². The Bertz CT molecular complexity index is 931. The minimum absolute atomic E-state index is 0.0412. The van der Waals surface area contributed by atoms with Crippen molar-refractivity contribution in [1.82, 2.24) is 14.6 Å². The molecule has 2 aromatic heterocycles. The van der Waals surface area contributed by atoms with E-state index >= 15 is 0 Å². The van der Waals surface area contributed by atoms with Gasteiger partial charge in [0.2, 0.25) is 9.84 Å². The van der Waals surface area contributed by atoms with Crippen LogP contribution in [0.1, 0.15) is 11.4 Å². The maximum atomic E-state index is 12.8. The largest absolute Gasteiger partial charge is 0.381 e. The van der Waals surface area contributed by atoms with Crippen LogP contribution in [0.2, 0.25) is 0 Å². The van der Waals surface area contributed by atoms with Crippen LogP contribution in [0.5, 0.6) is 0 Å². The molecule has 7 heteroatoms. The molecule has 3 rings (SSSR count). The summed E-state index contributed by atoms with van der Waals surface area (Å²) < 4.78 is 27.0.